The molecule has 0 aliphatic carbocycles. The zero-order valence-electron chi connectivity index (χ0n) is 17.6. The fourth-order valence-electron chi connectivity index (χ4n) is 2.88. The van der Waals surface area contributed by atoms with Crippen LogP contribution in [0.25, 0.3) is 0 Å². The minimum atomic E-state index is -0.432. The first-order valence-corrected chi connectivity index (χ1v) is 11.7. The van der Waals surface area contributed by atoms with Crippen LogP contribution in [0, 0.1) is 13.7 Å². The predicted octanol–water partition coefficient (Wildman–Crippen LogP) is 6.61. The van der Waals surface area contributed by atoms with Crippen molar-refractivity contribution < 1.29 is 14.4 Å². The highest BCUT2D eigenvalue weighted by molar-refractivity contribution is 14.1. The third-order valence-corrected chi connectivity index (χ3v) is 5.99. The van der Waals surface area contributed by atoms with Gasteiger partial charge in [-0.25, -0.2) is 0 Å². The summed E-state index contributed by atoms with van der Waals surface area (Å²) < 4.78 is 12.6. The molecule has 0 spiro atoms. The lowest BCUT2D eigenvalue weighted by molar-refractivity contribution is -0.384. The first kappa shape index (κ1) is 25.1. The smallest absolute Gasteiger partial charge is 0.269 e. The molecule has 1 N–H and O–H groups in total. The van der Waals surface area contributed by atoms with Crippen LogP contribution in [-0.2, 0) is 13.2 Å². The van der Waals surface area contributed by atoms with E-state index in [9.17, 15) is 10.1 Å². The molecule has 3 aromatic rings. The zero-order chi connectivity index (χ0) is 23.8. The van der Waals surface area contributed by atoms with Crippen LogP contribution < -0.4 is 14.9 Å². The lowest BCUT2D eigenvalue weighted by atomic mass is 10.2. The maximum Gasteiger partial charge on any atom is 0.269 e. The van der Waals surface area contributed by atoms with Gasteiger partial charge >= 0.3 is 0 Å². The molecule has 0 aromatic heterocycles. The average molecular weight is 600 g/mol. The third kappa shape index (κ3) is 6.96. The number of nitrogens with one attached hydrogen (secondary N) is 1. The highest BCUT2D eigenvalue weighted by atomic mass is 127. The summed E-state index contributed by atoms with van der Waals surface area (Å²) in [6, 6.07) is 15.4. The Balaban J connectivity index is 1.69. The van der Waals surface area contributed by atoms with Gasteiger partial charge in [-0.1, -0.05) is 29.3 Å². The number of non-ortho nitro benzene ring substituents is 1. The summed E-state index contributed by atoms with van der Waals surface area (Å²) in [7, 11) is 0. The van der Waals surface area contributed by atoms with Crippen molar-refractivity contribution >= 4 is 57.7 Å². The summed E-state index contributed by atoms with van der Waals surface area (Å²) in [5, 5.41) is 16.2. The van der Waals surface area contributed by atoms with E-state index < -0.39 is 4.92 Å². The molecule has 0 heterocycles. The Morgan fingerprint density at radius 1 is 1.12 bits per heavy atom. The van der Waals surface area contributed by atoms with Crippen LogP contribution in [0.3, 0.4) is 0 Å². The summed E-state index contributed by atoms with van der Waals surface area (Å²) in [5.74, 6) is 1.19. The summed E-state index contributed by atoms with van der Waals surface area (Å²) in [6.45, 7) is 3.00. The van der Waals surface area contributed by atoms with Crippen molar-refractivity contribution in [3.8, 4) is 11.5 Å². The van der Waals surface area contributed by atoms with Gasteiger partial charge in [-0.15, -0.1) is 0 Å². The van der Waals surface area contributed by atoms with E-state index in [1.165, 1.54) is 12.1 Å². The van der Waals surface area contributed by atoms with E-state index in [0.717, 1.165) is 20.3 Å². The van der Waals surface area contributed by atoms with E-state index in [4.69, 9.17) is 32.7 Å². The molecule has 33 heavy (non-hydrogen) atoms. The number of hydrogen-bond acceptors (Lipinski definition) is 6. The van der Waals surface area contributed by atoms with Crippen LogP contribution in [0.15, 0.2) is 59.7 Å². The zero-order valence-corrected chi connectivity index (χ0v) is 21.2. The Kier molecular flexibility index (Phi) is 9.16. The number of nitro benzene ring substituents is 1. The number of hydrazone groups is 1. The first-order chi connectivity index (χ1) is 15.9. The number of ether oxygens (including phenoxy) is 2. The molecular weight excluding hydrogens is 580 g/mol. The van der Waals surface area contributed by atoms with Gasteiger partial charge in [-0.3, -0.25) is 10.1 Å². The van der Waals surface area contributed by atoms with Crippen molar-refractivity contribution in [2.45, 2.75) is 20.1 Å². The molecule has 0 atom stereocenters. The van der Waals surface area contributed by atoms with Crippen LogP contribution in [0.4, 0.5) is 5.69 Å². The van der Waals surface area contributed by atoms with Gasteiger partial charge in [0.2, 0.25) is 0 Å². The van der Waals surface area contributed by atoms with Crippen molar-refractivity contribution in [3.05, 3.63) is 95.0 Å². The normalized spacial score (nSPS) is 10.9. The Bertz CT molecular complexity index is 1140. The van der Waals surface area contributed by atoms with Gasteiger partial charge in [-0.05, 0) is 77.0 Å². The largest absolute Gasteiger partial charge is 0.490 e. The molecule has 0 bridgehead atoms. The van der Waals surface area contributed by atoms with Gasteiger partial charge in [0.1, 0.15) is 6.61 Å². The Hall–Kier alpha value is -2.56. The van der Waals surface area contributed by atoms with Crippen LogP contribution in [-0.4, -0.2) is 17.7 Å². The molecule has 0 amide bonds. The summed E-state index contributed by atoms with van der Waals surface area (Å²) >= 11 is 14.5. The van der Waals surface area contributed by atoms with Crippen LogP contribution in [0.1, 0.15) is 23.6 Å². The Labute approximate surface area is 215 Å². The highest BCUT2D eigenvalue weighted by Gasteiger charge is 2.13. The maximum absolute atomic E-state index is 10.8. The van der Waals surface area contributed by atoms with Gasteiger partial charge < -0.3 is 14.9 Å². The molecule has 0 radical (unpaired) electrons. The minimum Gasteiger partial charge on any atom is -0.490 e. The second-order valence-corrected chi connectivity index (χ2v) is 8.75. The van der Waals surface area contributed by atoms with Crippen molar-refractivity contribution in [3.63, 3.8) is 0 Å². The highest BCUT2D eigenvalue weighted by Crippen LogP contribution is 2.34. The molecule has 0 fully saturated rings. The van der Waals surface area contributed by atoms with E-state index in [0.29, 0.717) is 34.7 Å². The lowest BCUT2D eigenvalue weighted by Gasteiger charge is -2.15. The van der Waals surface area contributed by atoms with Gasteiger partial charge in [0, 0.05) is 27.7 Å². The molecular formula is C23H20Cl2IN3O4. The number of rotatable bonds is 10. The fourth-order valence-corrected chi connectivity index (χ4v) is 4.19. The molecule has 0 aliphatic heterocycles. The van der Waals surface area contributed by atoms with E-state index in [1.54, 1.807) is 36.5 Å². The summed E-state index contributed by atoms with van der Waals surface area (Å²) in [4.78, 5) is 10.4. The van der Waals surface area contributed by atoms with E-state index in [2.05, 4.69) is 33.1 Å². The van der Waals surface area contributed by atoms with Crippen molar-refractivity contribution in [1.29, 1.82) is 0 Å². The SMILES string of the molecule is CCOc1cc(/C=N\NCc2c(Cl)cccc2Cl)cc(I)c1OCc1ccc([N+](=O)[O-])cc1. The van der Waals surface area contributed by atoms with Gasteiger partial charge in [0.25, 0.3) is 5.69 Å². The second-order valence-electron chi connectivity index (χ2n) is 6.77. The molecule has 0 saturated heterocycles. The molecule has 0 unspecified atom stereocenters. The van der Waals surface area contributed by atoms with Crippen molar-refractivity contribution in [1.82, 2.24) is 5.43 Å². The quantitative estimate of drug-likeness (QED) is 0.123. The first-order valence-electron chi connectivity index (χ1n) is 9.90. The second kappa shape index (κ2) is 12.1. The van der Waals surface area contributed by atoms with E-state index in [1.807, 2.05) is 19.1 Å². The van der Waals surface area contributed by atoms with Crippen LogP contribution in [0.2, 0.25) is 10.0 Å². The monoisotopic (exact) mass is 599 g/mol. The number of halogens is 3. The Morgan fingerprint density at radius 3 is 2.45 bits per heavy atom. The predicted molar refractivity (Wildman–Crippen MR) is 139 cm³/mol. The molecule has 0 saturated carbocycles. The number of hydrogen-bond donors (Lipinski definition) is 1. The molecule has 3 aromatic carbocycles. The van der Waals surface area contributed by atoms with Gasteiger partial charge in [0.05, 0.1) is 27.9 Å². The molecule has 3 rings (SSSR count). The number of nitrogens with zero attached hydrogens (tertiary/aromatic N) is 2. The average Bonchev–Trinajstić information content (AvgIpc) is 2.78. The molecule has 10 heteroatoms. The molecule has 7 nitrogen and oxygen atoms in total. The maximum atomic E-state index is 10.8. The van der Waals surface area contributed by atoms with Gasteiger partial charge in [-0.2, -0.15) is 5.10 Å². The standard InChI is InChI=1S/C23H20Cl2IN3O4/c1-2-32-22-11-16(12-27-28-13-18-19(24)4-3-5-20(18)25)10-21(26)23(22)33-14-15-6-8-17(9-7-15)29(30)31/h3-12,28H,2,13-14H2,1H3/b27-12-. The topological polar surface area (TPSA) is 86.0 Å². The molecule has 172 valence electrons. The lowest BCUT2D eigenvalue weighted by Crippen LogP contribution is -2.07. The van der Waals surface area contributed by atoms with E-state index >= 15 is 0 Å². The van der Waals surface area contributed by atoms with E-state index in [-0.39, 0.29) is 12.3 Å². The number of benzene rings is 3. The summed E-state index contributed by atoms with van der Waals surface area (Å²) in [5.41, 5.74) is 5.40. The Morgan fingerprint density at radius 2 is 1.82 bits per heavy atom. The van der Waals surface area contributed by atoms with Crippen LogP contribution in [0.5, 0.6) is 11.5 Å². The molecule has 0 aliphatic rings. The summed E-state index contributed by atoms with van der Waals surface area (Å²) in [6.07, 6.45) is 1.68. The van der Waals surface area contributed by atoms with Crippen molar-refractivity contribution in [2.24, 2.45) is 5.10 Å². The van der Waals surface area contributed by atoms with Crippen LogP contribution >= 0.6 is 45.8 Å². The number of nitro groups is 1. The fraction of sp³-hybridized carbons (Fsp3) is 0.174. The van der Waals surface area contributed by atoms with Gasteiger partial charge in [0.15, 0.2) is 11.5 Å². The third-order valence-electron chi connectivity index (χ3n) is 4.48. The van der Waals surface area contributed by atoms with Crippen molar-refractivity contribution in [2.75, 3.05) is 6.61 Å². The minimum absolute atomic E-state index is 0.0393.